The second-order valence-electron chi connectivity index (χ2n) is 3.82. The number of ether oxygens (including phenoxy) is 1. The lowest BCUT2D eigenvalue weighted by Gasteiger charge is -2.07. The van der Waals surface area contributed by atoms with E-state index in [2.05, 4.69) is 20.9 Å². The van der Waals surface area contributed by atoms with E-state index in [1.807, 2.05) is 49.4 Å². The van der Waals surface area contributed by atoms with Crippen LogP contribution in [0.2, 0.25) is 5.02 Å². The standard InChI is InChI=1S/C15H13BrClNO/c1-2-19-15-8-7-12(17)9-11(15)10-18-14-6-4-3-5-13(14)16/h3-10H,2H2,1H3. The number of benzene rings is 2. The summed E-state index contributed by atoms with van der Waals surface area (Å²) in [5, 5.41) is 0.664. The summed E-state index contributed by atoms with van der Waals surface area (Å²) in [5.41, 5.74) is 1.73. The third-order valence-corrected chi connectivity index (χ3v) is 3.37. The van der Waals surface area contributed by atoms with E-state index in [9.17, 15) is 0 Å². The summed E-state index contributed by atoms with van der Waals surface area (Å²) in [6.07, 6.45) is 1.76. The molecule has 98 valence electrons. The minimum atomic E-state index is 0.609. The van der Waals surface area contributed by atoms with Crippen LogP contribution in [0.25, 0.3) is 0 Å². The Morgan fingerprint density at radius 1 is 1.26 bits per heavy atom. The minimum absolute atomic E-state index is 0.609. The number of nitrogens with zero attached hydrogens (tertiary/aromatic N) is 1. The van der Waals surface area contributed by atoms with Crippen LogP contribution in [0.1, 0.15) is 12.5 Å². The maximum absolute atomic E-state index is 6.00. The SMILES string of the molecule is CCOc1ccc(Cl)cc1C=Nc1ccccc1Br. The van der Waals surface area contributed by atoms with Gasteiger partial charge in [-0.15, -0.1) is 0 Å². The van der Waals surface area contributed by atoms with E-state index in [-0.39, 0.29) is 0 Å². The van der Waals surface area contributed by atoms with E-state index in [1.165, 1.54) is 0 Å². The topological polar surface area (TPSA) is 21.6 Å². The molecule has 0 heterocycles. The predicted molar refractivity (Wildman–Crippen MR) is 84.0 cm³/mol. The highest BCUT2D eigenvalue weighted by atomic mass is 79.9. The van der Waals surface area contributed by atoms with Crippen molar-refractivity contribution in [3.63, 3.8) is 0 Å². The largest absolute Gasteiger partial charge is 0.493 e. The Morgan fingerprint density at radius 3 is 2.79 bits per heavy atom. The van der Waals surface area contributed by atoms with Crippen molar-refractivity contribution in [1.29, 1.82) is 0 Å². The monoisotopic (exact) mass is 337 g/mol. The van der Waals surface area contributed by atoms with Gasteiger partial charge in [0.05, 0.1) is 12.3 Å². The van der Waals surface area contributed by atoms with Gasteiger partial charge in [0.2, 0.25) is 0 Å². The van der Waals surface area contributed by atoms with Crippen LogP contribution in [0, 0.1) is 0 Å². The zero-order valence-corrected chi connectivity index (χ0v) is 12.8. The Morgan fingerprint density at radius 2 is 2.05 bits per heavy atom. The van der Waals surface area contributed by atoms with Gasteiger partial charge in [-0.1, -0.05) is 23.7 Å². The third-order valence-electron chi connectivity index (χ3n) is 2.47. The van der Waals surface area contributed by atoms with Crippen LogP contribution >= 0.6 is 27.5 Å². The summed E-state index contributed by atoms with van der Waals surface area (Å²) in [5.74, 6) is 0.780. The molecule has 0 aliphatic heterocycles. The van der Waals surface area contributed by atoms with E-state index in [0.717, 1.165) is 21.5 Å². The Balaban J connectivity index is 2.32. The molecule has 0 aliphatic carbocycles. The Labute approximate surface area is 126 Å². The van der Waals surface area contributed by atoms with Gasteiger partial charge in [-0.05, 0) is 53.2 Å². The number of hydrogen-bond acceptors (Lipinski definition) is 2. The first-order chi connectivity index (χ1) is 9.20. The molecule has 4 heteroatoms. The summed E-state index contributed by atoms with van der Waals surface area (Å²) in [6.45, 7) is 2.56. The number of para-hydroxylation sites is 1. The molecule has 2 rings (SSSR count). The molecule has 0 bridgehead atoms. The second kappa shape index (κ2) is 6.73. The maximum Gasteiger partial charge on any atom is 0.128 e. The molecule has 0 radical (unpaired) electrons. The van der Waals surface area contributed by atoms with E-state index in [1.54, 1.807) is 6.21 Å². The van der Waals surface area contributed by atoms with Crippen LogP contribution in [0.5, 0.6) is 5.75 Å². The number of aliphatic imine (C=N–C) groups is 1. The summed E-state index contributed by atoms with van der Waals surface area (Å²) in [4.78, 5) is 4.45. The fourth-order valence-corrected chi connectivity index (χ4v) is 2.17. The highest BCUT2D eigenvalue weighted by Crippen LogP contribution is 2.26. The van der Waals surface area contributed by atoms with Gasteiger partial charge in [-0.3, -0.25) is 4.99 Å². The van der Waals surface area contributed by atoms with Crippen molar-refractivity contribution >= 4 is 39.4 Å². The molecule has 0 N–H and O–H groups in total. The Bertz CT molecular complexity index is 598. The molecule has 0 amide bonds. The Hall–Kier alpha value is -1.32. The fourth-order valence-electron chi connectivity index (χ4n) is 1.60. The van der Waals surface area contributed by atoms with Crippen LogP contribution in [-0.2, 0) is 0 Å². The first-order valence-corrected chi connectivity index (χ1v) is 7.08. The zero-order valence-electron chi connectivity index (χ0n) is 10.4. The first kappa shape index (κ1) is 14.1. The summed E-state index contributed by atoms with van der Waals surface area (Å²) >= 11 is 9.47. The lowest BCUT2D eigenvalue weighted by molar-refractivity contribution is 0.340. The predicted octanol–water partition coefficient (Wildman–Crippen LogP) is 5.25. The van der Waals surface area contributed by atoms with Crippen molar-refractivity contribution in [1.82, 2.24) is 0 Å². The second-order valence-corrected chi connectivity index (χ2v) is 5.12. The molecule has 2 aromatic rings. The molecule has 0 atom stereocenters. The molecule has 0 saturated heterocycles. The molecule has 0 fully saturated rings. The van der Waals surface area contributed by atoms with Crippen molar-refractivity contribution in [2.45, 2.75) is 6.92 Å². The number of hydrogen-bond donors (Lipinski definition) is 0. The minimum Gasteiger partial charge on any atom is -0.493 e. The first-order valence-electron chi connectivity index (χ1n) is 5.91. The molecule has 0 aliphatic rings. The summed E-state index contributed by atoms with van der Waals surface area (Å²) in [7, 11) is 0. The van der Waals surface area contributed by atoms with Crippen LogP contribution in [-0.4, -0.2) is 12.8 Å². The number of halogens is 2. The molecule has 19 heavy (non-hydrogen) atoms. The third kappa shape index (κ3) is 3.82. The van der Waals surface area contributed by atoms with Crippen molar-refractivity contribution in [2.24, 2.45) is 4.99 Å². The number of rotatable bonds is 4. The summed E-state index contributed by atoms with van der Waals surface area (Å²) < 4.78 is 6.50. The highest BCUT2D eigenvalue weighted by molar-refractivity contribution is 9.10. The van der Waals surface area contributed by atoms with Gasteiger partial charge in [0.1, 0.15) is 5.75 Å². The van der Waals surface area contributed by atoms with Crippen molar-refractivity contribution in [3.05, 3.63) is 57.5 Å². The average Bonchev–Trinajstić information content (AvgIpc) is 2.41. The fraction of sp³-hybridized carbons (Fsp3) is 0.133. The van der Waals surface area contributed by atoms with Gasteiger partial charge < -0.3 is 4.74 Å². The maximum atomic E-state index is 6.00. The molecule has 2 nitrogen and oxygen atoms in total. The lowest BCUT2D eigenvalue weighted by atomic mass is 10.2. The van der Waals surface area contributed by atoms with Gasteiger partial charge in [-0.25, -0.2) is 0 Å². The Kier molecular flexibility index (Phi) is 5.00. The van der Waals surface area contributed by atoms with Gasteiger partial charge in [0.15, 0.2) is 0 Å². The van der Waals surface area contributed by atoms with E-state index in [4.69, 9.17) is 16.3 Å². The zero-order chi connectivity index (χ0) is 13.7. The van der Waals surface area contributed by atoms with Gasteiger partial charge in [0.25, 0.3) is 0 Å². The molecule has 0 spiro atoms. The molecule has 2 aromatic carbocycles. The molecule has 0 aromatic heterocycles. The van der Waals surface area contributed by atoms with Crippen molar-refractivity contribution < 1.29 is 4.74 Å². The highest BCUT2D eigenvalue weighted by Gasteiger charge is 2.02. The van der Waals surface area contributed by atoms with Crippen LogP contribution < -0.4 is 4.74 Å². The van der Waals surface area contributed by atoms with Crippen molar-refractivity contribution in [2.75, 3.05) is 6.61 Å². The van der Waals surface area contributed by atoms with E-state index < -0.39 is 0 Å². The molecular weight excluding hydrogens is 326 g/mol. The average molecular weight is 339 g/mol. The van der Waals surface area contributed by atoms with Gasteiger partial charge in [0, 0.05) is 21.3 Å². The van der Waals surface area contributed by atoms with Crippen molar-refractivity contribution in [3.8, 4) is 5.75 Å². The van der Waals surface area contributed by atoms with E-state index >= 15 is 0 Å². The lowest BCUT2D eigenvalue weighted by Crippen LogP contribution is -1.95. The van der Waals surface area contributed by atoms with Crippen LogP contribution in [0.15, 0.2) is 51.9 Å². The molecule has 0 saturated carbocycles. The van der Waals surface area contributed by atoms with Gasteiger partial charge in [-0.2, -0.15) is 0 Å². The smallest absolute Gasteiger partial charge is 0.128 e. The van der Waals surface area contributed by atoms with Gasteiger partial charge >= 0.3 is 0 Å². The normalized spacial score (nSPS) is 10.9. The quantitative estimate of drug-likeness (QED) is 0.698. The van der Waals surface area contributed by atoms with E-state index in [0.29, 0.717) is 11.6 Å². The molecule has 0 unspecified atom stereocenters. The van der Waals surface area contributed by atoms with Crippen LogP contribution in [0.4, 0.5) is 5.69 Å². The summed E-state index contributed by atoms with van der Waals surface area (Å²) in [6, 6.07) is 13.3. The molecular formula is C15H13BrClNO. The van der Waals surface area contributed by atoms with Crippen LogP contribution in [0.3, 0.4) is 0 Å².